The Hall–Kier alpha value is -0.800. The summed E-state index contributed by atoms with van der Waals surface area (Å²) >= 11 is 12.0. The molecule has 1 aliphatic rings. The number of halogens is 2. The molecule has 96 valence electrons. The van der Waals surface area contributed by atoms with Gasteiger partial charge >= 0.3 is 0 Å². The van der Waals surface area contributed by atoms with Crippen molar-refractivity contribution in [1.29, 1.82) is 0 Å². The number of alkyl halides is 1. The molecular formula is C13H15Cl2N3. The normalized spacial score (nSPS) is 23.9. The lowest BCUT2D eigenvalue weighted by atomic mass is 10.1. The summed E-state index contributed by atoms with van der Waals surface area (Å²) in [4.78, 5) is 8.97. The molecule has 0 radical (unpaired) electrons. The average Bonchev–Trinajstić information content (AvgIpc) is 2.91. The van der Waals surface area contributed by atoms with Crippen LogP contribution in [-0.4, -0.2) is 14.5 Å². The van der Waals surface area contributed by atoms with Crippen LogP contribution < -0.4 is 0 Å². The van der Waals surface area contributed by atoms with E-state index >= 15 is 0 Å². The van der Waals surface area contributed by atoms with Crippen LogP contribution in [-0.2, 0) is 5.88 Å². The van der Waals surface area contributed by atoms with E-state index in [-0.39, 0.29) is 0 Å². The van der Waals surface area contributed by atoms with Crippen molar-refractivity contribution in [2.75, 3.05) is 0 Å². The van der Waals surface area contributed by atoms with Crippen molar-refractivity contribution >= 4 is 34.4 Å². The maximum absolute atomic E-state index is 6.01. The highest BCUT2D eigenvalue weighted by Gasteiger charge is 2.26. The minimum atomic E-state index is 0.416. The first-order chi connectivity index (χ1) is 8.69. The van der Waals surface area contributed by atoms with E-state index in [1.165, 1.54) is 19.3 Å². The smallest absolute Gasteiger partial charge is 0.160 e. The van der Waals surface area contributed by atoms with E-state index in [2.05, 4.69) is 21.5 Å². The second-order valence-corrected chi connectivity index (χ2v) is 5.80. The van der Waals surface area contributed by atoms with E-state index in [0.29, 0.717) is 16.9 Å². The van der Waals surface area contributed by atoms with Crippen molar-refractivity contribution in [1.82, 2.24) is 14.5 Å². The highest BCUT2D eigenvalue weighted by Crippen LogP contribution is 2.37. The van der Waals surface area contributed by atoms with Gasteiger partial charge in [-0.3, -0.25) is 0 Å². The summed E-state index contributed by atoms with van der Waals surface area (Å²) in [5.41, 5.74) is 1.76. The number of rotatable bonds is 2. The summed E-state index contributed by atoms with van der Waals surface area (Å²) in [5.74, 6) is 2.09. The molecule has 0 bridgehead atoms. The third kappa shape index (κ3) is 1.99. The molecule has 1 fully saturated rings. The predicted molar refractivity (Wildman–Crippen MR) is 74.1 cm³/mol. The van der Waals surface area contributed by atoms with Crippen molar-refractivity contribution in [2.24, 2.45) is 5.92 Å². The van der Waals surface area contributed by atoms with Crippen LogP contribution in [0.4, 0.5) is 0 Å². The van der Waals surface area contributed by atoms with Crippen molar-refractivity contribution in [3.05, 3.63) is 23.1 Å². The molecular weight excluding hydrogens is 269 g/mol. The first-order valence-corrected chi connectivity index (χ1v) is 7.18. The molecule has 0 spiro atoms. The summed E-state index contributed by atoms with van der Waals surface area (Å²) in [5, 5.41) is 0.619. The topological polar surface area (TPSA) is 30.7 Å². The van der Waals surface area contributed by atoms with Gasteiger partial charge in [0, 0.05) is 12.2 Å². The number of hydrogen-bond donors (Lipinski definition) is 0. The Morgan fingerprint density at radius 2 is 2.28 bits per heavy atom. The number of pyridine rings is 1. The summed E-state index contributed by atoms with van der Waals surface area (Å²) in [6.45, 7) is 2.30. The van der Waals surface area contributed by atoms with Gasteiger partial charge in [0.05, 0.1) is 10.9 Å². The Balaban J connectivity index is 2.13. The largest absolute Gasteiger partial charge is 0.309 e. The molecule has 0 N–H and O–H groups in total. The molecule has 3 nitrogen and oxygen atoms in total. The summed E-state index contributed by atoms with van der Waals surface area (Å²) in [7, 11) is 0. The second-order valence-electron chi connectivity index (χ2n) is 5.10. The lowest BCUT2D eigenvalue weighted by molar-refractivity contribution is 0.491. The van der Waals surface area contributed by atoms with Gasteiger partial charge in [0.25, 0.3) is 0 Å². The number of hydrogen-bond acceptors (Lipinski definition) is 2. The molecule has 2 atom stereocenters. The van der Waals surface area contributed by atoms with Gasteiger partial charge in [-0.05, 0) is 31.2 Å². The molecule has 1 saturated carbocycles. The first kappa shape index (κ1) is 12.2. The molecule has 2 aromatic rings. The zero-order valence-corrected chi connectivity index (χ0v) is 11.7. The lowest BCUT2D eigenvalue weighted by Gasteiger charge is -2.15. The van der Waals surface area contributed by atoms with Gasteiger partial charge < -0.3 is 4.57 Å². The number of fused-ring (bicyclic) bond motifs is 1. The minimum Gasteiger partial charge on any atom is -0.309 e. The average molecular weight is 284 g/mol. The molecule has 0 aromatic carbocycles. The summed E-state index contributed by atoms with van der Waals surface area (Å²) in [6.07, 6.45) is 5.30. The van der Waals surface area contributed by atoms with E-state index < -0.39 is 0 Å². The van der Waals surface area contributed by atoms with Gasteiger partial charge in [0.2, 0.25) is 0 Å². The quantitative estimate of drug-likeness (QED) is 0.774. The Bertz CT molecular complexity index is 579. The van der Waals surface area contributed by atoms with E-state index in [1.54, 1.807) is 6.20 Å². The number of imidazole rings is 1. The fourth-order valence-electron chi connectivity index (χ4n) is 2.89. The van der Waals surface area contributed by atoms with Gasteiger partial charge in [0.1, 0.15) is 11.3 Å². The maximum atomic E-state index is 6.01. The minimum absolute atomic E-state index is 0.416. The molecule has 5 heteroatoms. The van der Waals surface area contributed by atoms with Crippen LogP contribution in [0.5, 0.6) is 0 Å². The van der Waals surface area contributed by atoms with Crippen molar-refractivity contribution < 1.29 is 0 Å². The molecule has 2 unspecified atom stereocenters. The van der Waals surface area contributed by atoms with Gasteiger partial charge in [-0.1, -0.05) is 18.5 Å². The number of aromatic nitrogens is 3. The molecule has 18 heavy (non-hydrogen) atoms. The molecule has 0 amide bonds. The highest BCUT2D eigenvalue weighted by atomic mass is 35.5. The van der Waals surface area contributed by atoms with Crippen LogP contribution >= 0.6 is 23.2 Å². The lowest BCUT2D eigenvalue weighted by Crippen LogP contribution is -2.09. The molecule has 3 rings (SSSR count). The summed E-state index contributed by atoms with van der Waals surface area (Å²) in [6, 6.07) is 2.34. The van der Waals surface area contributed by atoms with Gasteiger partial charge in [-0.2, -0.15) is 0 Å². The van der Waals surface area contributed by atoms with Gasteiger partial charge in [-0.15, -0.1) is 11.6 Å². The Morgan fingerprint density at radius 1 is 1.44 bits per heavy atom. The van der Waals surface area contributed by atoms with Crippen LogP contribution in [0.1, 0.15) is 38.1 Å². The SMILES string of the molecule is CC1CCC(n2c(CCl)nc3cc(Cl)cnc32)C1. The Labute approximate surface area is 116 Å². The predicted octanol–water partition coefficient (Wildman–Crippen LogP) is 4.18. The van der Waals surface area contributed by atoms with Crippen LogP contribution in [0.2, 0.25) is 5.02 Å². The second kappa shape index (κ2) is 4.71. The standard InChI is InChI=1S/C13H15Cl2N3/c1-8-2-3-10(4-8)18-12(6-14)17-11-5-9(15)7-16-13(11)18/h5,7-8,10H,2-4,6H2,1H3. The van der Waals surface area contributed by atoms with E-state index in [9.17, 15) is 0 Å². The van der Waals surface area contributed by atoms with E-state index in [1.807, 2.05) is 6.07 Å². The van der Waals surface area contributed by atoms with Crippen LogP contribution in [0, 0.1) is 5.92 Å². The molecule has 2 aromatic heterocycles. The molecule has 2 heterocycles. The third-order valence-corrected chi connectivity index (χ3v) is 4.17. The maximum Gasteiger partial charge on any atom is 0.160 e. The van der Waals surface area contributed by atoms with Gasteiger partial charge in [-0.25, -0.2) is 9.97 Å². The van der Waals surface area contributed by atoms with Crippen LogP contribution in [0.15, 0.2) is 12.3 Å². The zero-order chi connectivity index (χ0) is 12.7. The van der Waals surface area contributed by atoms with Crippen molar-refractivity contribution in [3.63, 3.8) is 0 Å². The van der Waals surface area contributed by atoms with Crippen molar-refractivity contribution in [2.45, 2.75) is 38.1 Å². The van der Waals surface area contributed by atoms with Crippen LogP contribution in [0.25, 0.3) is 11.2 Å². The number of nitrogens with zero attached hydrogens (tertiary/aromatic N) is 3. The fraction of sp³-hybridized carbons (Fsp3) is 0.538. The Kier molecular flexibility index (Phi) is 3.20. The third-order valence-electron chi connectivity index (χ3n) is 3.72. The zero-order valence-electron chi connectivity index (χ0n) is 10.2. The highest BCUT2D eigenvalue weighted by molar-refractivity contribution is 6.31. The fourth-order valence-corrected chi connectivity index (χ4v) is 3.23. The van der Waals surface area contributed by atoms with Gasteiger partial charge in [0.15, 0.2) is 5.65 Å². The van der Waals surface area contributed by atoms with Crippen LogP contribution in [0.3, 0.4) is 0 Å². The first-order valence-electron chi connectivity index (χ1n) is 6.27. The molecule has 1 aliphatic carbocycles. The van der Waals surface area contributed by atoms with Crippen molar-refractivity contribution in [3.8, 4) is 0 Å². The molecule has 0 aliphatic heterocycles. The van der Waals surface area contributed by atoms with E-state index in [0.717, 1.165) is 22.9 Å². The Morgan fingerprint density at radius 3 is 2.94 bits per heavy atom. The molecule has 0 saturated heterocycles. The summed E-state index contributed by atoms with van der Waals surface area (Å²) < 4.78 is 2.21. The van der Waals surface area contributed by atoms with E-state index in [4.69, 9.17) is 23.2 Å². The monoisotopic (exact) mass is 283 g/mol.